The molecular formula is C5H10ClSi. The van der Waals surface area contributed by atoms with E-state index in [2.05, 4.69) is 13.1 Å². The van der Waals surface area contributed by atoms with Gasteiger partial charge in [0.1, 0.15) is 0 Å². The summed E-state index contributed by atoms with van der Waals surface area (Å²) in [5.41, 5.74) is 1.59. The molecule has 0 aromatic rings. The van der Waals surface area contributed by atoms with Crippen molar-refractivity contribution in [3.63, 3.8) is 0 Å². The van der Waals surface area contributed by atoms with Gasteiger partial charge in [-0.15, -0.1) is 0 Å². The standard InChI is InChI=1S/C5H10ClSi/c1-7(2)5-3-4-6/h3-4H,5H2,1-2H3. The summed E-state index contributed by atoms with van der Waals surface area (Å²) in [5.74, 6) is 0. The fourth-order valence-electron chi connectivity index (χ4n) is 0.280. The van der Waals surface area contributed by atoms with Gasteiger partial charge in [0.15, 0.2) is 0 Å². The van der Waals surface area contributed by atoms with Gasteiger partial charge in [0.25, 0.3) is 0 Å². The topological polar surface area (TPSA) is 0 Å². The average Bonchev–Trinajstić information content (AvgIpc) is 1.61. The van der Waals surface area contributed by atoms with Crippen LogP contribution in [-0.4, -0.2) is 8.80 Å². The van der Waals surface area contributed by atoms with Crippen molar-refractivity contribution in [2.45, 2.75) is 19.1 Å². The Bertz CT molecular complexity index is 59.1. The summed E-state index contributed by atoms with van der Waals surface area (Å²) < 4.78 is 0. The van der Waals surface area contributed by atoms with Crippen molar-refractivity contribution in [3.8, 4) is 0 Å². The molecule has 0 saturated carbocycles. The van der Waals surface area contributed by atoms with Gasteiger partial charge < -0.3 is 0 Å². The molecule has 1 radical (unpaired) electrons. The van der Waals surface area contributed by atoms with E-state index < -0.39 is 0 Å². The maximum Gasteiger partial charge on any atom is 0.0453 e. The molecule has 0 unspecified atom stereocenters. The molecule has 0 aliphatic rings. The fourth-order valence-corrected chi connectivity index (χ4v) is 1.11. The van der Waals surface area contributed by atoms with Crippen LogP contribution >= 0.6 is 11.6 Å². The highest BCUT2D eigenvalue weighted by molar-refractivity contribution is 6.56. The summed E-state index contributed by atoms with van der Waals surface area (Å²) in [6.45, 7) is 4.53. The zero-order valence-electron chi connectivity index (χ0n) is 4.74. The van der Waals surface area contributed by atoms with Crippen LogP contribution in [0.2, 0.25) is 19.1 Å². The van der Waals surface area contributed by atoms with Gasteiger partial charge >= 0.3 is 0 Å². The van der Waals surface area contributed by atoms with Crippen LogP contribution < -0.4 is 0 Å². The minimum absolute atomic E-state index is 0.0685. The van der Waals surface area contributed by atoms with Crippen LogP contribution in [0.25, 0.3) is 0 Å². The van der Waals surface area contributed by atoms with Crippen molar-refractivity contribution in [3.05, 3.63) is 11.6 Å². The lowest BCUT2D eigenvalue weighted by molar-refractivity contribution is 1.62. The van der Waals surface area contributed by atoms with E-state index in [1.54, 1.807) is 5.54 Å². The Kier molecular flexibility index (Phi) is 4.56. The molecule has 0 saturated heterocycles. The quantitative estimate of drug-likeness (QED) is 0.508. The van der Waals surface area contributed by atoms with E-state index in [-0.39, 0.29) is 8.80 Å². The van der Waals surface area contributed by atoms with Gasteiger partial charge in [0.2, 0.25) is 0 Å². The van der Waals surface area contributed by atoms with Gasteiger partial charge in [-0.1, -0.05) is 30.8 Å². The highest BCUT2D eigenvalue weighted by atomic mass is 35.5. The Morgan fingerprint density at radius 3 is 2.29 bits per heavy atom. The van der Waals surface area contributed by atoms with Crippen LogP contribution in [0.1, 0.15) is 0 Å². The molecule has 0 amide bonds. The van der Waals surface area contributed by atoms with Gasteiger partial charge in [-0.25, -0.2) is 0 Å². The number of halogens is 1. The first-order chi connectivity index (χ1) is 3.27. The molecule has 0 heterocycles. The van der Waals surface area contributed by atoms with Crippen molar-refractivity contribution in [1.82, 2.24) is 0 Å². The molecule has 0 atom stereocenters. The van der Waals surface area contributed by atoms with Crippen LogP contribution in [0.15, 0.2) is 11.6 Å². The van der Waals surface area contributed by atoms with Crippen molar-refractivity contribution in [2.24, 2.45) is 0 Å². The zero-order valence-corrected chi connectivity index (χ0v) is 6.50. The molecule has 0 aliphatic carbocycles. The van der Waals surface area contributed by atoms with Crippen LogP contribution in [0, 0.1) is 0 Å². The Hall–Kier alpha value is 0.247. The van der Waals surface area contributed by atoms with Gasteiger partial charge in [-0.05, 0) is 11.6 Å². The predicted molar refractivity (Wildman–Crippen MR) is 37.3 cm³/mol. The van der Waals surface area contributed by atoms with Crippen LogP contribution in [0.5, 0.6) is 0 Å². The lowest BCUT2D eigenvalue weighted by Crippen LogP contribution is -1.94. The van der Waals surface area contributed by atoms with E-state index in [4.69, 9.17) is 11.6 Å². The molecule has 0 N–H and O–H groups in total. The summed E-state index contributed by atoms with van der Waals surface area (Å²) >= 11 is 5.28. The van der Waals surface area contributed by atoms with E-state index in [9.17, 15) is 0 Å². The zero-order chi connectivity index (χ0) is 5.70. The minimum atomic E-state index is -0.0685. The first-order valence-corrected chi connectivity index (χ1v) is 5.46. The maximum absolute atomic E-state index is 5.28. The summed E-state index contributed by atoms with van der Waals surface area (Å²) in [7, 11) is -0.0685. The second kappa shape index (κ2) is 4.41. The van der Waals surface area contributed by atoms with Crippen LogP contribution in [-0.2, 0) is 0 Å². The second-order valence-electron chi connectivity index (χ2n) is 1.77. The third-order valence-corrected chi connectivity index (χ3v) is 1.85. The average molecular weight is 134 g/mol. The van der Waals surface area contributed by atoms with E-state index in [0.29, 0.717) is 0 Å². The van der Waals surface area contributed by atoms with E-state index in [1.165, 1.54) is 6.04 Å². The van der Waals surface area contributed by atoms with Crippen LogP contribution in [0.3, 0.4) is 0 Å². The molecule has 2 heteroatoms. The molecule has 0 aromatic carbocycles. The van der Waals surface area contributed by atoms with Crippen molar-refractivity contribution in [2.75, 3.05) is 0 Å². The maximum atomic E-state index is 5.28. The van der Waals surface area contributed by atoms with Gasteiger partial charge in [-0.3, -0.25) is 0 Å². The smallest absolute Gasteiger partial charge is 0.0453 e. The molecule has 0 rings (SSSR count). The lowest BCUT2D eigenvalue weighted by Gasteiger charge is -1.90. The Morgan fingerprint density at radius 2 is 2.14 bits per heavy atom. The second-order valence-corrected chi connectivity index (χ2v) is 4.85. The Labute approximate surface area is 51.8 Å². The number of hydrogen-bond donors (Lipinski definition) is 0. The molecule has 7 heavy (non-hydrogen) atoms. The highest BCUT2D eigenvalue weighted by Gasteiger charge is 1.87. The van der Waals surface area contributed by atoms with Crippen molar-refractivity contribution < 1.29 is 0 Å². The first-order valence-electron chi connectivity index (χ1n) is 2.31. The first kappa shape index (κ1) is 7.25. The molecular weight excluding hydrogens is 124 g/mol. The molecule has 41 valence electrons. The van der Waals surface area contributed by atoms with Crippen molar-refractivity contribution in [1.29, 1.82) is 0 Å². The molecule has 0 fully saturated rings. The number of allylic oxidation sites excluding steroid dienone is 1. The Morgan fingerprint density at radius 1 is 1.57 bits per heavy atom. The minimum Gasteiger partial charge on any atom is -0.0933 e. The lowest BCUT2D eigenvalue weighted by atomic mass is 10.8. The fraction of sp³-hybridized carbons (Fsp3) is 0.600. The molecule has 0 nitrogen and oxygen atoms in total. The monoisotopic (exact) mass is 133 g/mol. The molecule has 0 bridgehead atoms. The van der Waals surface area contributed by atoms with Gasteiger partial charge in [-0.2, -0.15) is 0 Å². The van der Waals surface area contributed by atoms with E-state index >= 15 is 0 Å². The normalized spacial score (nSPS) is 11.4. The van der Waals surface area contributed by atoms with Gasteiger partial charge in [0, 0.05) is 8.80 Å². The third-order valence-electron chi connectivity index (χ3n) is 0.615. The third kappa shape index (κ3) is 6.25. The molecule has 0 aliphatic heterocycles. The summed E-state index contributed by atoms with van der Waals surface area (Å²) in [5, 5.41) is 0. The SMILES string of the molecule is C[Si](C)CC=CCl. The summed E-state index contributed by atoms with van der Waals surface area (Å²) in [4.78, 5) is 0. The Balaban J connectivity index is 2.97. The number of hydrogen-bond acceptors (Lipinski definition) is 0. The molecule has 0 spiro atoms. The largest absolute Gasteiger partial charge is 0.0933 e. The highest BCUT2D eigenvalue weighted by Crippen LogP contribution is 1.92. The van der Waals surface area contributed by atoms with Crippen molar-refractivity contribution >= 4 is 20.4 Å². The summed E-state index contributed by atoms with van der Waals surface area (Å²) in [6, 6.07) is 1.19. The summed E-state index contributed by atoms with van der Waals surface area (Å²) in [6.07, 6.45) is 2.01. The molecule has 0 aromatic heterocycles. The van der Waals surface area contributed by atoms with Gasteiger partial charge in [0.05, 0.1) is 0 Å². The van der Waals surface area contributed by atoms with E-state index in [1.807, 2.05) is 6.08 Å². The number of rotatable bonds is 2. The predicted octanol–water partition coefficient (Wildman–Crippen LogP) is 2.49. The van der Waals surface area contributed by atoms with Crippen LogP contribution in [0.4, 0.5) is 0 Å². The van der Waals surface area contributed by atoms with E-state index in [0.717, 1.165) is 0 Å².